The molecule has 0 amide bonds. The van der Waals surface area contributed by atoms with E-state index in [9.17, 15) is 0 Å². The molecule has 1 aromatic heterocycles. The number of nitrogens with zero attached hydrogens (tertiary/aromatic N) is 3. The van der Waals surface area contributed by atoms with E-state index >= 15 is 0 Å². The summed E-state index contributed by atoms with van der Waals surface area (Å²) in [7, 11) is 1.54. The summed E-state index contributed by atoms with van der Waals surface area (Å²) in [6.45, 7) is 0.662. The summed E-state index contributed by atoms with van der Waals surface area (Å²) in [6, 6.07) is 5.54. The van der Waals surface area contributed by atoms with Crippen LogP contribution >= 0.6 is 0 Å². The number of aromatic nitrogens is 2. The predicted octanol–water partition coefficient (Wildman–Crippen LogP) is 1.03. The molecule has 0 aliphatic heterocycles. The zero-order valence-corrected chi connectivity index (χ0v) is 9.95. The zero-order chi connectivity index (χ0) is 13.0. The van der Waals surface area contributed by atoms with Crippen LogP contribution in [0.3, 0.4) is 0 Å². The monoisotopic (exact) mass is 246 g/mol. The largest absolute Gasteiger partial charge is 0.496 e. The number of benzene rings is 1. The van der Waals surface area contributed by atoms with Gasteiger partial charge in [-0.25, -0.2) is 4.98 Å². The summed E-state index contributed by atoms with van der Waals surface area (Å²) in [5, 5.41) is 11.7. The predicted molar refractivity (Wildman–Crippen MR) is 66.8 cm³/mol. The molecule has 6 heteroatoms. The van der Waals surface area contributed by atoms with Gasteiger partial charge < -0.3 is 20.2 Å². The Balaban J connectivity index is 2.33. The molecule has 0 aliphatic carbocycles. The summed E-state index contributed by atoms with van der Waals surface area (Å²) >= 11 is 0. The van der Waals surface area contributed by atoms with Gasteiger partial charge >= 0.3 is 0 Å². The van der Waals surface area contributed by atoms with E-state index in [4.69, 9.17) is 15.7 Å². The van der Waals surface area contributed by atoms with Crippen LogP contribution in [-0.2, 0) is 6.54 Å². The SMILES string of the molecule is COc1ccc(Cn2ccnc2)cc1C(N)=NO. The first-order valence-corrected chi connectivity index (χ1v) is 5.35. The maximum Gasteiger partial charge on any atom is 0.173 e. The Hall–Kier alpha value is -2.50. The van der Waals surface area contributed by atoms with Gasteiger partial charge in [0.05, 0.1) is 19.0 Å². The molecule has 0 saturated carbocycles. The fraction of sp³-hybridized carbons (Fsp3) is 0.167. The average Bonchev–Trinajstić information content (AvgIpc) is 2.90. The Morgan fingerprint density at radius 1 is 1.56 bits per heavy atom. The van der Waals surface area contributed by atoms with Crippen molar-refractivity contribution in [2.24, 2.45) is 10.9 Å². The number of amidine groups is 1. The van der Waals surface area contributed by atoms with Crippen LogP contribution in [0.15, 0.2) is 42.1 Å². The number of rotatable bonds is 4. The lowest BCUT2D eigenvalue weighted by atomic mass is 10.1. The van der Waals surface area contributed by atoms with Crippen LogP contribution in [0.5, 0.6) is 5.75 Å². The van der Waals surface area contributed by atoms with Crippen LogP contribution in [0, 0.1) is 0 Å². The van der Waals surface area contributed by atoms with Crippen LogP contribution in [-0.4, -0.2) is 27.7 Å². The highest BCUT2D eigenvalue weighted by molar-refractivity contribution is 5.99. The second kappa shape index (κ2) is 5.22. The van der Waals surface area contributed by atoms with Crippen LogP contribution in [0.2, 0.25) is 0 Å². The molecule has 2 rings (SSSR count). The maximum atomic E-state index is 8.75. The number of nitrogens with two attached hydrogens (primary N) is 1. The van der Waals surface area contributed by atoms with E-state index in [1.165, 1.54) is 0 Å². The topological polar surface area (TPSA) is 85.7 Å². The molecule has 0 fully saturated rings. The summed E-state index contributed by atoms with van der Waals surface area (Å²) in [5.74, 6) is 0.596. The molecule has 1 heterocycles. The summed E-state index contributed by atoms with van der Waals surface area (Å²) in [4.78, 5) is 3.98. The Morgan fingerprint density at radius 3 is 3.00 bits per heavy atom. The molecule has 0 radical (unpaired) electrons. The summed E-state index contributed by atoms with van der Waals surface area (Å²) < 4.78 is 7.10. The van der Waals surface area contributed by atoms with Crippen molar-refractivity contribution in [3.63, 3.8) is 0 Å². The van der Waals surface area contributed by atoms with Crippen LogP contribution in [0.4, 0.5) is 0 Å². The van der Waals surface area contributed by atoms with E-state index in [1.54, 1.807) is 25.7 Å². The van der Waals surface area contributed by atoms with E-state index in [0.717, 1.165) is 5.56 Å². The normalized spacial score (nSPS) is 11.5. The first-order chi connectivity index (χ1) is 8.74. The molecule has 18 heavy (non-hydrogen) atoms. The molecule has 1 aromatic carbocycles. The molecule has 0 aliphatic rings. The molecule has 0 bridgehead atoms. The van der Waals surface area contributed by atoms with Crippen molar-refractivity contribution in [3.8, 4) is 5.75 Å². The van der Waals surface area contributed by atoms with Crippen LogP contribution < -0.4 is 10.5 Å². The highest BCUT2D eigenvalue weighted by atomic mass is 16.5. The van der Waals surface area contributed by atoms with E-state index in [2.05, 4.69) is 10.1 Å². The lowest BCUT2D eigenvalue weighted by Gasteiger charge is -2.10. The van der Waals surface area contributed by atoms with Crippen molar-refractivity contribution in [1.82, 2.24) is 9.55 Å². The second-order valence-electron chi connectivity index (χ2n) is 3.75. The first-order valence-electron chi connectivity index (χ1n) is 5.35. The van der Waals surface area contributed by atoms with Crippen molar-refractivity contribution in [1.29, 1.82) is 0 Å². The number of ether oxygens (including phenoxy) is 1. The lowest BCUT2D eigenvalue weighted by Crippen LogP contribution is -2.15. The van der Waals surface area contributed by atoms with Gasteiger partial charge in [-0.15, -0.1) is 0 Å². The van der Waals surface area contributed by atoms with Gasteiger partial charge in [0.1, 0.15) is 5.75 Å². The van der Waals surface area contributed by atoms with Gasteiger partial charge in [-0.3, -0.25) is 0 Å². The minimum absolute atomic E-state index is 0.0272. The molecular weight excluding hydrogens is 232 g/mol. The lowest BCUT2D eigenvalue weighted by molar-refractivity contribution is 0.318. The number of methoxy groups -OCH3 is 1. The Labute approximate surface area is 104 Å². The zero-order valence-electron chi connectivity index (χ0n) is 9.95. The average molecular weight is 246 g/mol. The Bertz CT molecular complexity index is 549. The molecule has 6 nitrogen and oxygen atoms in total. The Morgan fingerprint density at radius 2 is 2.39 bits per heavy atom. The Kier molecular flexibility index (Phi) is 3.47. The van der Waals surface area contributed by atoms with E-state index < -0.39 is 0 Å². The molecule has 0 atom stereocenters. The minimum atomic E-state index is 0.0272. The third-order valence-electron chi connectivity index (χ3n) is 2.57. The van der Waals surface area contributed by atoms with Crippen molar-refractivity contribution >= 4 is 5.84 Å². The van der Waals surface area contributed by atoms with Crippen molar-refractivity contribution in [2.45, 2.75) is 6.54 Å². The molecule has 0 saturated heterocycles. The quantitative estimate of drug-likeness (QED) is 0.365. The van der Waals surface area contributed by atoms with Gasteiger partial charge in [-0.05, 0) is 17.7 Å². The number of hydrogen-bond acceptors (Lipinski definition) is 4. The van der Waals surface area contributed by atoms with Crippen molar-refractivity contribution in [3.05, 3.63) is 48.0 Å². The maximum absolute atomic E-state index is 8.75. The number of oxime groups is 1. The molecular formula is C12H14N4O2. The van der Waals surface area contributed by atoms with Gasteiger partial charge in [-0.2, -0.15) is 0 Å². The van der Waals surface area contributed by atoms with E-state index in [0.29, 0.717) is 17.9 Å². The van der Waals surface area contributed by atoms with Gasteiger partial charge in [0.15, 0.2) is 5.84 Å². The molecule has 2 aromatic rings. The van der Waals surface area contributed by atoms with E-state index in [1.807, 2.05) is 22.9 Å². The molecule has 94 valence electrons. The van der Waals surface area contributed by atoms with Crippen molar-refractivity contribution in [2.75, 3.05) is 7.11 Å². The standard InChI is InChI=1S/C12H14N4O2/c1-18-11-3-2-9(6-10(11)12(13)15-17)7-16-5-4-14-8-16/h2-6,8,17H,7H2,1H3,(H2,13,15). The highest BCUT2D eigenvalue weighted by Gasteiger charge is 2.09. The summed E-state index contributed by atoms with van der Waals surface area (Å²) in [6.07, 6.45) is 5.31. The molecule has 3 N–H and O–H groups in total. The fourth-order valence-corrected chi connectivity index (χ4v) is 1.70. The molecule has 0 spiro atoms. The third-order valence-corrected chi connectivity index (χ3v) is 2.57. The van der Waals surface area contributed by atoms with Crippen LogP contribution in [0.25, 0.3) is 0 Å². The van der Waals surface area contributed by atoms with Gasteiger partial charge in [0.25, 0.3) is 0 Å². The van der Waals surface area contributed by atoms with Crippen LogP contribution in [0.1, 0.15) is 11.1 Å². The smallest absolute Gasteiger partial charge is 0.173 e. The number of hydrogen-bond donors (Lipinski definition) is 2. The van der Waals surface area contributed by atoms with Gasteiger partial charge in [0, 0.05) is 18.9 Å². The van der Waals surface area contributed by atoms with E-state index in [-0.39, 0.29) is 5.84 Å². The second-order valence-corrected chi connectivity index (χ2v) is 3.75. The fourth-order valence-electron chi connectivity index (χ4n) is 1.70. The third kappa shape index (κ3) is 2.42. The highest BCUT2D eigenvalue weighted by Crippen LogP contribution is 2.20. The molecule has 0 unspecified atom stereocenters. The van der Waals surface area contributed by atoms with Gasteiger partial charge in [0.2, 0.25) is 0 Å². The summed E-state index contributed by atoms with van der Waals surface area (Å²) in [5.41, 5.74) is 7.19. The minimum Gasteiger partial charge on any atom is -0.496 e. The van der Waals surface area contributed by atoms with Gasteiger partial charge in [-0.1, -0.05) is 11.2 Å². The van der Waals surface area contributed by atoms with Crippen molar-refractivity contribution < 1.29 is 9.94 Å². The number of imidazole rings is 1. The first kappa shape index (κ1) is 12.0.